The number of benzene rings is 3. The Hall–Kier alpha value is -4.26. The molecule has 1 N–H and O–H groups in total. The van der Waals surface area contributed by atoms with Crippen LogP contribution in [-0.4, -0.2) is 34.8 Å². The Balaban J connectivity index is 1.60. The first-order valence-corrected chi connectivity index (χ1v) is 11.1. The molecule has 0 bridgehead atoms. The van der Waals surface area contributed by atoms with E-state index in [1.165, 1.54) is 13.2 Å². The second kappa shape index (κ2) is 7.95. The van der Waals surface area contributed by atoms with Gasteiger partial charge in [0.1, 0.15) is 5.82 Å². The minimum atomic E-state index is -0.392. The van der Waals surface area contributed by atoms with E-state index in [0.717, 1.165) is 69.4 Å². The molecule has 0 unspecified atom stereocenters. The van der Waals surface area contributed by atoms with Crippen molar-refractivity contribution in [2.45, 2.75) is 12.8 Å². The Labute approximate surface area is 195 Å². The van der Waals surface area contributed by atoms with Crippen LogP contribution in [0.5, 0.6) is 0 Å². The van der Waals surface area contributed by atoms with Crippen molar-refractivity contribution in [3.63, 3.8) is 0 Å². The molecule has 2 aromatic heterocycles. The molecule has 1 aliphatic heterocycles. The van der Waals surface area contributed by atoms with Crippen LogP contribution in [0.2, 0.25) is 0 Å². The van der Waals surface area contributed by atoms with Gasteiger partial charge in [0.25, 0.3) is 0 Å². The zero-order valence-electron chi connectivity index (χ0n) is 18.5. The number of methoxy groups -OCH3 is 1. The third-order valence-electron chi connectivity index (χ3n) is 6.38. The van der Waals surface area contributed by atoms with Gasteiger partial charge >= 0.3 is 5.97 Å². The molecule has 5 aromatic rings. The van der Waals surface area contributed by atoms with E-state index < -0.39 is 5.97 Å². The molecule has 7 heteroatoms. The topological polar surface area (TPSA) is 71.1 Å². The fourth-order valence-electron chi connectivity index (χ4n) is 4.73. The summed E-state index contributed by atoms with van der Waals surface area (Å²) in [5.41, 5.74) is 6.83. The highest BCUT2D eigenvalue weighted by molar-refractivity contribution is 5.98. The summed E-state index contributed by atoms with van der Waals surface area (Å²) in [6.45, 7) is 0.781. The molecule has 0 aliphatic carbocycles. The van der Waals surface area contributed by atoms with E-state index in [0.29, 0.717) is 5.56 Å². The standard InChI is InChI=1S/C27H21FN4O2/c1-34-27(33)18-5-7-22-19(12-18)14-25(32-10-2-3-16-13-21(28)6-9-24(16)32)26(30-22)17-4-8-23-20(11-17)15-29-31-23/h4-9,11-15H,2-3,10H2,1H3,(H,29,31). The smallest absolute Gasteiger partial charge is 0.337 e. The summed E-state index contributed by atoms with van der Waals surface area (Å²) < 4.78 is 18.9. The molecule has 0 radical (unpaired) electrons. The van der Waals surface area contributed by atoms with Crippen molar-refractivity contribution in [1.29, 1.82) is 0 Å². The zero-order chi connectivity index (χ0) is 23.2. The van der Waals surface area contributed by atoms with Gasteiger partial charge in [0.05, 0.1) is 41.3 Å². The normalized spacial score (nSPS) is 13.3. The van der Waals surface area contributed by atoms with Crippen LogP contribution in [0.1, 0.15) is 22.3 Å². The number of carbonyl (C=O) groups is 1. The van der Waals surface area contributed by atoms with Gasteiger partial charge in [0.15, 0.2) is 0 Å². The SMILES string of the molecule is COC(=O)c1ccc2nc(-c3ccc4[nH]ncc4c3)c(N3CCCc4cc(F)ccc43)cc2c1. The first-order chi connectivity index (χ1) is 16.6. The molecule has 34 heavy (non-hydrogen) atoms. The monoisotopic (exact) mass is 452 g/mol. The lowest BCUT2D eigenvalue weighted by atomic mass is 9.98. The van der Waals surface area contributed by atoms with Gasteiger partial charge < -0.3 is 9.64 Å². The number of hydrogen-bond donors (Lipinski definition) is 1. The van der Waals surface area contributed by atoms with Crippen molar-refractivity contribution >= 4 is 39.1 Å². The molecule has 6 nitrogen and oxygen atoms in total. The van der Waals surface area contributed by atoms with Crippen LogP contribution in [0.4, 0.5) is 15.8 Å². The predicted octanol–water partition coefficient (Wildman–Crippen LogP) is 5.79. The Morgan fingerprint density at radius 1 is 1.03 bits per heavy atom. The summed E-state index contributed by atoms with van der Waals surface area (Å²) in [4.78, 5) is 19.4. The molecule has 0 fully saturated rings. The van der Waals surface area contributed by atoms with Crippen molar-refractivity contribution in [3.8, 4) is 11.3 Å². The van der Waals surface area contributed by atoms with Gasteiger partial charge in [0, 0.05) is 28.6 Å². The first kappa shape index (κ1) is 20.4. The Morgan fingerprint density at radius 2 is 1.94 bits per heavy atom. The predicted molar refractivity (Wildman–Crippen MR) is 130 cm³/mol. The van der Waals surface area contributed by atoms with E-state index >= 15 is 0 Å². The molecule has 1 aliphatic rings. The van der Waals surface area contributed by atoms with E-state index in [-0.39, 0.29) is 5.82 Å². The third kappa shape index (κ3) is 3.37. The van der Waals surface area contributed by atoms with Crippen molar-refractivity contribution in [2.75, 3.05) is 18.6 Å². The molecule has 0 saturated heterocycles. The second-order valence-corrected chi connectivity index (χ2v) is 8.46. The summed E-state index contributed by atoms with van der Waals surface area (Å²) in [5, 5.41) is 8.95. The first-order valence-electron chi connectivity index (χ1n) is 11.1. The summed E-state index contributed by atoms with van der Waals surface area (Å²) >= 11 is 0. The van der Waals surface area contributed by atoms with Crippen molar-refractivity contribution in [1.82, 2.24) is 15.2 Å². The number of anilines is 2. The van der Waals surface area contributed by atoms with Crippen LogP contribution in [-0.2, 0) is 11.2 Å². The Kier molecular flexibility index (Phi) is 4.76. The lowest BCUT2D eigenvalue weighted by Crippen LogP contribution is -2.25. The van der Waals surface area contributed by atoms with Gasteiger partial charge in [-0.1, -0.05) is 6.07 Å². The van der Waals surface area contributed by atoms with Crippen LogP contribution in [0, 0.1) is 5.82 Å². The van der Waals surface area contributed by atoms with Gasteiger partial charge in [-0.25, -0.2) is 14.2 Å². The number of H-pyrrole nitrogens is 1. The third-order valence-corrected chi connectivity index (χ3v) is 6.38. The quantitative estimate of drug-likeness (QED) is 0.351. The zero-order valence-corrected chi connectivity index (χ0v) is 18.5. The largest absolute Gasteiger partial charge is 0.465 e. The Morgan fingerprint density at radius 3 is 2.82 bits per heavy atom. The molecule has 3 aromatic carbocycles. The number of rotatable bonds is 3. The molecule has 0 spiro atoms. The molecule has 6 rings (SSSR count). The summed E-state index contributed by atoms with van der Waals surface area (Å²) in [5.74, 6) is -0.623. The Bertz CT molecular complexity index is 1580. The fourth-order valence-corrected chi connectivity index (χ4v) is 4.73. The summed E-state index contributed by atoms with van der Waals surface area (Å²) in [6.07, 6.45) is 3.52. The van der Waals surface area contributed by atoms with Crippen molar-refractivity contribution < 1.29 is 13.9 Å². The number of fused-ring (bicyclic) bond motifs is 3. The van der Waals surface area contributed by atoms with Gasteiger partial charge in [-0.3, -0.25) is 5.10 Å². The van der Waals surface area contributed by atoms with Gasteiger partial charge in [-0.05, 0) is 73.0 Å². The van der Waals surface area contributed by atoms with Crippen molar-refractivity contribution in [3.05, 3.63) is 83.8 Å². The average Bonchev–Trinajstić information content (AvgIpc) is 3.34. The number of nitrogens with zero attached hydrogens (tertiary/aromatic N) is 3. The number of carbonyl (C=O) groups excluding carboxylic acids is 1. The number of nitrogens with one attached hydrogen (secondary N) is 1. The highest BCUT2D eigenvalue weighted by Crippen LogP contribution is 2.40. The van der Waals surface area contributed by atoms with Crippen LogP contribution >= 0.6 is 0 Å². The maximum absolute atomic E-state index is 14.0. The number of esters is 1. The highest BCUT2D eigenvalue weighted by atomic mass is 19.1. The van der Waals surface area contributed by atoms with Crippen LogP contribution in [0.15, 0.2) is 66.9 Å². The van der Waals surface area contributed by atoms with Gasteiger partial charge in [-0.2, -0.15) is 5.10 Å². The van der Waals surface area contributed by atoms with Crippen LogP contribution in [0.3, 0.4) is 0 Å². The number of aromatic amines is 1. The highest BCUT2D eigenvalue weighted by Gasteiger charge is 2.23. The minimum absolute atomic E-state index is 0.231. The fraction of sp³-hybridized carbons (Fsp3) is 0.148. The van der Waals surface area contributed by atoms with Crippen LogP contribution < -0.4 is 4.90 Å². The van der Waals surface area contributed by atoms with Crippen LogP contribution in [0.25, 0.3) is 33.1 Å². The number of pyridine rings is 1. The minimum Gasteiger partial charge on any atom is -0.465 e. The molecular weight excluding hydrogens is 431 g/mol. The average molecular weight is 452 g/mol. The number of aromatic nitrogens is 3. The van der Waals surface area contributed by atoms with E-state index in [2.05, 4.69) is 27.2 Å². The lowest BCUT2D eigenvalue weighted by molar-refractivity contribution is 0.0601. The molecule has 0 saturated carbocycles. The number of halogens is 1. The molecular formula is C27H21FN4O2. The summed E-state index contributed by atoms with van der Waals surface area (Å²) in [6, 6.07) is 18.5. The van der Waals surface area contributed by atoms with Gasteiger partial charge in [0.2, 0.25) is 0 Å². The molecule has 3 heterocycles. The number of ether oxygens (including phenoxy) is 1. The second-order valence-electron chi connectivity index (χ2n) is 8.46. The maximum atomic E-state index is 14.0. The van der Waals surface area contributed by atoms with E-state index in [9.17, 15) is 9.18 Å². The summed E-state index contributed by atoms with van der Waals surface area (Å²) in [7, 11) is 1.37. The number of aryl methyl sites for hydroxylation is 1. The molecule has 0 amide bonds. The van der Waals surface area contributed by atoms with Gasteiger partial charge in [-0.15, -0.1) is 0 Å². The maximum Gasteiger partial charge on any atom is 0.337 e. The molecule has 0 atom stereocenters. The number of hydrogen-bond acceptors (Lipinski definition) is 5. The van der Waals surface area contributed by atoms with E-state index in [1.807, 2.05) is 24.3 Å². The van der Waals surface area contributed by atoms with Crippen molar-refractivity contribution in [2.24, 2.45) is 0 Å². The molecule has 168 valence electrons. The lowest BCUT2D eigenvalue weighted by Gasteiger charge is -2.33. The van der Waals surface area contributed by atoms with E-state index in [1.54, 1.807) is 24.4 Å². The van der Waals surface area contributed by atoms with E-state index in [4.69, 9.17) is 9.72 Å².